The average molecular weight is 447 g/mol. The molecule has 0 N–H and O–H groups in total. The number of hydrogen-bond donors (Lipinski definition) is 0. The smallest absolute Gasteiger partial charge is 0.243 e. The van der Waals surface area contributed by atoms with E-state index in [-0.39, 0.29) is 29.8 Å². The van der Waals surface area contributed by atoms with Crippen molar-refractivity contribution < 1.29 is 22.3 Å². The maximum absolute atomic E-state index is 13.4. The molecule has 1 saturated heterocycles. The summed E-state index contributed by atoms with van der Waals surface area (Å²) < 4.78 is 45.8. The van der Waals surface area contributed by atoms with Crippen LogP contribution in [-0.4, -0.2) is 45.4 Å². The molecule has 2 aromatic rings. The van der Waals surface area contributed by atoms with Gasteiger partial charge in [0, 0.05) is 25.6 Å². The maximum Gasteiger partial charge on any atom is 0.243 e. The molecule has 0 bridgehead atoms. The first kappa shape index (κ1) is 21.8. The van der Waals surface area contributed by atoms with Crippen molar-refractivity contribution in [3.8, 4) is 5.75 Å². The van der Waals surface area contributed by atoms with Gasteiger partial charge in [0.15, 0.2) is 0 Å². The van der Waals surface area contributed by atoms with Crippen molar-refractivity contribution in [3.05, 3.63) is 53.3 Å². The molecular weight excluding hydrogens is 419 g/mol. The number of aryl methyl sites for hydroxylation is 1. The van der Waals surface area contributed by atoms with Crippen molar-refractivity contribution in [2.24, 2.45) is 5.92 Å². The van der Waals surface area contributed by atoms with Gasteiger partial charge in [-0.1, -0.05) is 6.07 Å². The van der Waals surface area contributed by atoms with Crippen molar-refractivity contribution in [2.45, 2.75) is 37.5 Å². The molecule has 0 saturated carbocycles. The molecule has 2 aromatic carbocycles. The normalized spacial score (nSPS) is 18.0. The third-order valence-corrected chi connectivity index (χ3v) is 8.21. The number of carbonyl (C=O) groups excluding carboxylic acids is 1. The first-order valence-corrected chi connectivity index (χ1v) is 12.0. The Balaban J connectivity index is 1.50. The summed E-state index contributed by atoms with van der Waals surface area (Å²) in [4.78, 5) is 15.3. The van der Waals surface area contributed by atoms with Gasteiger partial charge in [0.1, 0.15) is 11.6 Å². The third kappa shape index (κ3) is 4.06. The minimum absolute atomic E-state index is 0.0312. The lowest BCUT2D eigenvalue weighted by atomic mass is 9.92. The zero-order valence-electron chi connectivity index (χ0n) is 17.8. The number of ether oxygens (including phenoxy) is 1. The Morgan fingerprint density at radius 3 is 2.39 bits per heavy atom. The summed E-state index contributed by atoms with van der Waals surface area (Å²) >= 11 is 0. The second-order valence-electron chi connectivity index (χ2n) is 8.14. The molecule has 0 aliphatic carbocycles. The highest BCUT2D eigenvalue weighted by Crippen LogP contribution is 2.39. The summed E-state index contributed by atoms with van der Waals surface area (Å²) in [6.45, 7) is 3.22. The molecule has 4 rings (SSSR count). The third-order valence-electron chi connectivity index (χ3n) is 6.30. The predicted molar refractivity (Wildman–Crippen MR) is 116 cm³/mol. The Bertz CT molecular complexity index is 1080. The molecule has 2 heterocycles. The number of rotatable bonds is 4. The van der Waals surface area contributed by atoms with E-state index >= 15 is 0 Å². The van der Waals surface area contributed by atoms with Gasteiger partial charge in [-0.15, -0.1) is 0 Å². The highest BCUT2D eigenvalue weighted by atomic mass is 32.2. The van der Waals surface area contributed by atoms with Gasteiger partial charge in [0.05, 0.1) is 17.7 Å². The van der Waals surface area contributed by atoms with Gasteiger partial charge in [-0.25, -0.2) is 12.8 Å². The highest BCUT2D eigenvalue weighted by Gasteiger charge is 2.36. The number of benzene rings is 2. The Labute approximate surface area is 182 Å². The quantitative estimate of drug-likeness (QED) is 0.721. The van der Waals surface area contributed by atoms with Gasteiger partial charge in [0.25, 0.3) is 0 Å². The zero-order valence-corrected chi connectivity index (χ0v) is 18.6. The number of carbonyl (C=O) groups is 1. The van der Waals surface area contributed by atoms with E-state index in [4.69, 9.17) is 4.74 Å². The van der Waals surface area contributed by atoms with Crippen LogP contribution in [0, 0.1) is 18.7 Å². The second-order valence-corrected chi connectivity index (χ2v) is 10.1. The van der Waals surface area contributed by atoms with Crippen LogP contribution < -0.4 is 9.64 Å². The first-order chi connectivity index (χ1) is 14.8. The number of hydrogen-bond acceptors (Lipinski definition) is 4. The lowest BCUT2D eigenvalue weighted by molar-refractivity contribution is -0.123. The van der Waals surface area contributed by atoms with Crippen LogP contribution in [-0.2, 0) is 21.2 Å². The van der Waals surface area contributed by atoms with Gasteiger partial charge in [-0.2, -0.15) is 4.31 Å². The number of methoxy groups -OCH3 is 1. The van der Waals surface area contributed by atoms with E-state index in [1.807, 2.05) is 24.0 Å². The molecule has 166 valence electrons. The monoisotopic (exact) mass is 446 g/mol. The largest absolute Gasteiger partial charge is 0.495 e. The standard InChI is InChI=1S/C23H27FN2O4S/c1-16-5-10-21(30-2)22-20(16)4-3-13-26(22)23(27)17-11-14-25(15-12-17)31(28,29)19-8-6-18(24)7-9-19/h5-10,17H,3-4,11-15H2,1-2H3. The first-order valence-electron chi connectivity index (χ1n) is 10.6. The van der Waals surface area contributed by atoms with E-state index in [1.54, 1.807) is 7.11 Å². The number of amides is 1. The van der Waals surface area contributed by atoms with Gasteiger partial charge in [-0.3, -0.25) is 4.79 Å². The van der Waals surface area contributed by atoms with Crippen LogP contribution in [0.5, 0.6) is 5.75 Å². The molecule has 2 aliphatic heterocycles. The zero-order chi connectivity index (χ0) is 22.2. The molecule has 0 atom stereocenters. The summed E-state index contributed by atoms with van der Waals surface area (Å²) in [5, 5.41) is 0. The molecule has 2 aliphatic rings. The fourth-order valence-corrected chi connectivity index (χ4v) is 6.03. The molecule has 0 radical (unpaired) electrons. The molecular formula is C23H27FN2O4S. The fourth-order valence-electron chi connectivity index (χ4n) is 4.56. The van der Waals surface area contributed by atoms with Crippen LogP contribution in [0.25, 0.3) is 0 Å². The second kappa shape index (κ2) is 8.59. The van der Waals surface area contributed by atoms with Gasteiger partial charge >= 0.3 is 0 Å². The summed E-state index contributed by atoms with van der Waals surface area (Å²) in [6, 6.07) is 8.77. The lowest BCUT2D eigenvalue weighted by Crippen LogP contribution is -2.46. The van der Waals surface area contributed by atoms with Crippen LogP contribution in [0.15, 0.2) is 41.3 Å². The lowest BCUT2D eigenvalue weighted by Gasteiger charge is -2.37. The van der Waals surface area contributed by atoms with E-state index in [0.717, 1.165) is 41.8 Å². The molecule has 0 aromatic heterocycles. The maximum atomic E-state index is 13.4. The van der Waals surface area contributed by atoms with E-state index < -0.39 is 15.8 Å². The van der Waals surface area contributed by atoms with Crippen LogP contribution in [0.1, 0.15) is 30.4 Å². The molecule has 6 nitrogen and oxygen atoms in total. The van der Waals surface area contributed by atoms with Crippen molar-refractivity contribution >= 4 is 21.6 Å². The van der Waals surface area contributed by atoms with Crippen molar-refractivity contribution in [2.75, 3.05) is 31.6 Å². The van der Waals surface area contributed by atoms with Gasteiger partial charge < -0.3 is 9.64 Å². The number of anilines is 1. The Kier molecular flexibility index (Phi) is 6.03. The van der Waals surface area contributed by atoms with Crippen LogP contribution in [0.3, 0.4) is 0 Å². The van der Waals surface area contributed by atoms with Crippen LogP contribution >= 0.6 is 0 Å². The SMILES string of the molecule is COc1ccc(C)c2c1N(C(=O)C1CCN(S(=O)(=O)c3ccc(F)cc3)CC1)CCC2. The van der Waals surface area contributed by atoms with E-state index in [2.05, 4.69) is 0 Å². The number of nitrogens with zero attached hydrogens (tertiary/aromatic N) is 2. The fraction of sp³-hybridized carbons (Fsp3) is 0.435. The van der Waals surface area contributed by atoms with Crippen molar-refractivity contribution in [3.63, 3.8) is 0 Å². The Hall–Kier alpha value is -2.45. The summed E-state index contributed by atoms with van der Waals surface area (Å²) in [7, 11) is -2.08. The van der Waals surface area contributed by atoms with Gasteiger partial charge in [0.2, 0.25) is 15.9 Å². The predicted octanol–water partition coefficient (Wildman–Crippen LogP) is 3.52. The van der Waals surface area contributed by atoms with E-state index in [1.165, 1.54) is 16.4 Å². The molecule has 1 amide bonds. The Morgan fingerprint density at radius 1 is 1.06 bits per heavy atom. The molecule has 1 fully saturated rings. The number of halogens is 1. The van der Waals surface area contributed by atoms with E-state index in [9.17, 15) is 17.6 Å². The molecule has 8 heteroatoms. The molecule has 0 spiro atoms. The van der Waals surface area contributed by atoms with Crippen molar-refractivity contribution in [1.29, 1.82) is 0 Å². The highest BCUT2D eigenvalue weighted by molar-refractivity contribution is 7.89. The molecule has 31 heavy (non-hydrogen) atoms. The van der Waals surface area contributed by atoms with E-state index in [0.29, 0.717) is 25.1 Å². The summed E-state index contributed by atoms with van der Waals surface area (Å²) in [6.07, 6.45) is 2.72. The Morgan fingerprint density at radius 2 is 1.74 bits per heavy atom. The van der Waals surface area contributed by atoms with Gasteiger partial charge in [-0.05, 0) is 74.1 Å². The van der Waals surface area contributed by atoms with Crippen LogP contribution in [0.2, 0.25) is 0 Å². The topological polar surface area (TPSA) is 66.9 Å². The number of sulfonamides is 1. The average Bonchev–Trinajstić information content (AvgIpc) is 2.79. The number of fused-ring (bicyclic) bond motifs is 1. The summed E-state index contributed by atoms with van der Waals surface area (Å²) in [5.41, 5.74) is 3.16. The summed E-state index contributed by atoms with van der Waals surface area (Å²) in [5.74, 6) is 0.0141. The van der Waals surface area contributed by atoms with Crippen molar-refractivity contribution in [1.82, 2.24) is 4.31 Å². The minimum Gasteiger partial charge on any atom is -0.495 e. The molecule has 0 unspecified atom stereocenters. The minimum atomic E-state index is -3.70. The van der Waals surface area contributed by atoms with Crippen LogP contribution in [0.4, 0.5) is 10.1 Å². The number of piperidine rings is 1.